The fraction of sp³-hybridized carbons (Fsp3) is 0.700. The van der Waals surface area contributed by atoms with E-state index in [1.807, 2.05) is 0 Å². The first-order chi connectivity index (χ1) is 4.66. The Hall–Kier alpha value is -0.260. The molecule has 0 saturated heterocycles. The molecule has 0 rings (SSSR count). The summed E-state index contributed by atoms with van der Waals surface area (Å²) in [6.07, 6.45) is 6.86. The van der Waals surface area contributed by atoms with Gasteiger partial charge in [0.1, 0.15) is 0 Å². The average Bonchev–Trinajstić information content (AvgIpc) is 1.82. The molecule has 0 nitrogen and oxygen atoms in total. The molecule has 0 heteroatoms. The van der Waals surface area contributed by atoms with E-state index in [0.29, 0.717) is 11.8 Å². The van der Waals surface area contributed by atoms with Crippen LogP contribution in [-0.4, -0.2) is 0 Å². The number of allylic oxidation sites excluding steroid dienone is 2. The van der Waals surface area contributed by atoms with Gasteiger partial charge in [-0.2, -0.15) is 0 Å². The summed E-state index contributed by atoms with van der Waals surface area (Å²) in [7, 11) is 0. The van der Waals surface area contributed by atoms with E-state index in [2.05, 4.69) is 39.8 Å². The Kier molecular flexibility index (Phi) is 5.38. The summed E-state index contributed by atoms with van der Waals surface area (Å²) in [6, 6.07) is 0. The molecule has 0 aliphatic heterocycles. The van der Waals surface area contributed by atoms with Crippen LogP contribution in [-0.2, 0) is 0 Å². The Balaban J connectivity index is 3.42. The molecule has 0 fully saturated rings. The van der Waals surface area contributed by atoms with Gasteiger partial charge in [0, 0.05) is 0 Å². The Bertz CT molecular complexity index is 90.2. The molecule has 0 heterocycles. The maximum absolute atomic E-state index is 3.95. The van der Waals surface area contributed by atoms with E-state index in [0.717, 1.165) is 6.42 Å². The summed E-state index contributed by atoms with van der Waals surface area (Å²) in [4.78, 5) is 0. The topological polar surface area (TPSA) is 0 Å². The van der Waals surface area contributed by atoms with Gasteiger partial charge in [-0.05, 0) is 24.7 Å². The SMILES string of the molecule is [CH2]C(C)CC(C)/C=C/CC. The van der Waals surface area contributed by atoms with Crippen molar-refractivity contribution in [3.63, 3.8) is 0 Å². The van der Waals surface area contributed by atoms with Crippen molar-refractivity contribution in [3.05, 3.63) is 19.1 Å². The smallest absolute Gasteiger partial charge is 0.0259 e. The zero-order valence-corrected chi connectivity index (χ0v) is 7.43. The third-order valence-corrected chi connectivity index (χ3v) is 1.47. The van der Waals surface area contributed by atoms with Crippen LogP contribution in [0.15, 0.2) is 12.2 Å². The van der Waals surface area contributed by atoms with Gasteiger partial charge in [0.2, 0.25) is 0 Å². The van der Waals surface area contributed by atoms with Crippen LogP contribution in [0.2, 0.25) is 0 Å². The molecule has 0 spiro atoms. The zero-order chi connectivity index (χ0) is 7.98. The highest BCUT2D eigenvalue weighted by molar-refractivity contribution is 4.86. The van der Waals surface area contributed by atoms with E-state index in [4.69, 9.17) is 0 Å². The molecule has 0 aromatic rings. The quantitative estimate of drug-likeness (QED) is 0.523. The summed E-state index contributed by atoms with van der Waals surface area (Å²) >= 11 is 0. The van der Waals surface area contributed by atoms with Gasteiger partial charge < -0.3 is 0 Å². The van der Waals surface area contributed by atoms with Crippen LogP contribution in [0.3, 0.4) is 0 Å². The van der Waals surface area contributed by atoms with Crippen molar-refractivity contribution >= 4 is 0 Å². The predicted octanol–water partition coefficient (Wildman–Crippen LogP) is 3.45. The van der Waals surface area contributed by atoms with E-state index in [1.54, 1.807) is 0 Å². The predicted molar refractivity (Wildman–Crippen MR) is 47.7 cm³/mol. The molecular weight excluding hydrogens is 120 g/mol. The van der Waals surface area contributed by atoms with Crippen molar-refractivity contribution in [2.24, 2.45) is 11.8 Å². The largest absolute Gasteiger partial charge is 0.0885 e. The minimum atomic E-state index is 0.580. The molecule has 0 amide bonds. The lowest BCUT2D eigenvalue weighted by atomic mass is 9.98. The van der Waals surface area contributed by atoms with Gasteiger partial charge in [0.05, 0.1) is 0 Å². The lowest BCUT2D eigenvalue weighted by Crippen LogP contribution is -1.96. The molecule has 2 unspecified atom stereocenters. The van der Waals surface area contributed by atoms with Crippen molar-refractivity contribution in [1.82, 2.24) is 0 Å². The third-order valence-electron chi connectivity index (χ3n) is 1.47. The maximum atomic E-state index is 3.95. The van der Waals surface area contributed by atoms with Crippen LogP contribution in [0.1, 0.15) is 33.6 Å². The second-order valence-electron chi connectivity index (χ2n) is 3.15. The average molecular weight is 139 g/mol. The van der Waals surface area contributed by atoms with Crippen LogP contribution in [0.25, 0.3) is 0 Å². The van der Waals surface area contributed by atoms with Gasteiger partial charge >= 0.3 is 0 Å². The standard InChI is InChI=1S/C10H19/c1-5-6-7-10(4)8-9(2)3/h6-7,9-10H,2,5,8H2,1,3-4H3/b7-6+. The van der Waals surface area contributed by atoms with Crippen LogP contribution < -0.4 is 0 Å². The van der Waals surface area contributed by atoms with Crippen molar-refractivity contribution in [2.45, 2.75) is 33.6 Å². The molecule has 2 atom stereocenters. The molecule has 59 valence electrons. The highest BCUT2D eigenvalue weighted by atomic mass is 14.0. The molecular formula is C10H19. The van der Waals surface area contributed by atoms with E-state index < -0.39 is 0 Å². The monoisotopic (exact) mass is 139 g/mol. The van der Waals surface area contributed by atoms with Crippen molar-refractivity contribution in [1.29, 1.82) is 0 Å². The van der Waals surface area contributed by atoms with E-state index in [1.165, 1.54) is 6.42 Å². The fourth-order valence-electron chi connectivity index (χ4n) is 1.08. The van der Waals surface area contributed by atoms with Gasteiger partial charge in [-0.1, -0.05) is 39.8 Å². The molecule has 0 aliphatic rings. The normalized spacial score (nSPS) is 14.9. The highest BCUT2D eigenvalue weighted by Crippen LogP contribution is 2.11. The second kappa shape index (κ2) is 5.52. The van der Waals surface area contributed by atoms with Crippen LogP contribution in [0, 0.1) is 18.8 Å². The van der Waals surface area contributed by atoms with Crippen LogP contribution >= 0.6 is 0 Å². The first kappa shape index (κ1) is 9.74. The molecule has 10 heavy (non-hydrogen) atoms. The van der Waals surface area contributed by atoms with Crippen molar-refractivity contribution in [3.8, 4) is 0 Å². The Morgan fingerprint density at radius 2 is 2.00 bits per heavy atom. The Labute approximate surface area is 65.3 Å². The number of rotatable bonds is 4. The van der Waals surface area contributed by atoms with Gasteiger partial charge in [-0.3, -0.25) is 0 Å². The van der Waals surface area contributed by atoms with Crippen LogP contribution in [0.5, 0.6) is 0 Å². The van der Waals surface area contributed by atoms with Crippen LogP contribution in [0.4, 0.5) is 0 Å². The second-order valence-corrected chi connectivity index (χ2v) is 3.15. The van der Waals surface area contributed by atoms with Crippen molar-refractivity contribution < 1.29 is 0 Å². The molecule has 1 radical (unpaired) electrons. The summed E-state index contributed by atoms with van der Waals surface area (Å²) in [5.41, 5.74) is 0. The highest BCUT2D eigenvalue weighted by Gasteiger charge is 1.99. The van der Waals surface area contributed by atoms with E-state index in [9.17, 15) is 0 Å². The van der Waals surface area contributed by atoms with Gasteiger partial charge in [-0.25, -0.2) is 0 Å². The molecule has 0 aromatic carbocycles. The summed E-state index contributed by atoms with van der Waals surface area (Å²) in [6.45, 7) is 10.5. The lowest BCUT2D eigenvalue weighted by Gasteiger charge is -2.07. The molecule has 0 bridgehead atoms. The zero-order valence-electron chi connectivity index (χ0n) is 7.43. The molecule has 0 aromatic heterocycles. The first-order valence-electron chi connectivity index (χ1n) is 4.16. The molecule has 0 saturated carbocycles. The minimum Gasteiger partial charge on any atom is -0.0885 e. The van der Waals surface area contributed by atoms with Crippen molar-refractivity contribution in [2.75, 3.05) is 0 Å². The number of hydrogen-bond donors (Lipinski definition) is 0. The summed E-state index contributed by atoms with van der Waals surface area (Å²) < 4.78 is 0. The molecule has 0 aliphatic carbocycles. The van der Waals surface area contributed by atoms with Gasteiger partial charge in [0.15, 0.2) is 0 Å². The fourth-order valence-corrected chi connectivity index (χ4v) is 1.08. The van der Waals surface area contributed by atoms with Gasteiger partial charge in [0.25, 0.3) is 0 Å². The molecule has 0 N–H and O–H groups in total. The minimum absolute atomic E-state index is 0.580. The van der Waals surface area contributed by atoms with E-state index in [-0.39, 0.29) is 0 Å². The van der Waals surface area contributed by atoms with Gasteiger partial charge in [-0.15, -0.1) is 0 Å². The lowest BCUT2D eigenvalue weighted by molar-refractivity contribution is 0.540. The van der Waals surface area contributed by atoms with E-state index >= 15 is 0 Å². The third kappa shape index (κ3) is 5.87. The Morgan fingerprint density at radius 1 is 1.40 bits per heavy atom. The maximum Gasteiger partial charge on any atom is -0.0259 e. The summed E-state index contributed by atoms with van der Waals surface area (Å²) in [5, 5.41) is 0. The Morgan fingerprint density at radius 3 is 2.40 bits per heavy atom. The first-order valence-corrected chi connectivity index (χ1v) is 4.16. The summed E-state index contributed by atoms with van der Waals surface area (Å²) in [5.74, 6) is 1.28. The number of hydrogen-bond acceptors (Lipinski definition) is 0.